The number of thiazole rings is 1. The molecule has 1 aliphatic heterocycles. The first-order chi connectivity index (χ1) is 26.6. The molecule has 0 radical (unpaired) electrons. The van der Waals surface area contributed by atoms with Gasteiger partial charge in [-0.25, -0.2) is 14.8 Å². The Morgan fingerprint density at radius 3 is 2.46 bits per heavy atom. The lowest BCUT2D eigenvalue weighted by atomic mass is 9.85. The maximum absolute atomic E-state index is 14.7. The maximum Gasteiger partial charge on any atom is 0.408 e. The second kappa shape index (κ2) is 16.0. The van der Waals surface area contributed by atoms with E-state index in [2.05, 4.69) is 43.6 Å². The molecule has 14 heteroatoms. The average molecular weight is 791 g/mol. The van der Waals surface area contributed by atoms with Gasteiger partial charge in [0.05, 0.1) is 24.4 Å². The van der Waals surface area contributed by atoms with Crippen LogP contribution in [-0.2, 0) is 19.1 Å². The molecule has 1 saturated heterocycles. The van der Waals surface area contributed by atoms with Crippen molar-refractivity contribution in [2.45, 2.75) is 123 Å². The predicted octanol–water partition coefficient (Wildman–Crippen LogP) is 6.80. The van der Waals surface area contributed by atoms with Crippen LogP contribution in [0.25, 0.3) is 22.3 Å². The lowest BCUT2D eigenvalue weighted by Crippen LogP contribution is -2.58. The molecule has 0 spiro atoms. The molecule has 1 unspecified atom stereocenters. The number of amides is 3. The van der Waals surface area contributed by atoms with Crippen LogP contribution in [0.2, 0.25) is 0 Å². The number of pyridine rings is 1. The van der Waals surface area contributed by atoms with Crippen LogP contribution in [0.4, 0.5) is 9.93 Å². The molecular weight excluding hydrogens is 733 g/mol. The van der Waals surface area contributed by atoms with Gasteiger partial charge >= 0.3 is 6.09 Å². The van der Waals surface area contributed by atoms with E-state index in [1.807, 2.05) is 50.4 Å². The molecule has 1 aromatic carbocycles. The van der Waals surface area contributed by atoms with Gasteiger partial charge in [0.25, 0.3) is 0 Å². The molecule has 304 valence electrons. The van der Waals surface area contributed by atoms with Crippen molar-refractivity contribution in [1.29, 1.82) is 0 Å². The van der Waals surface area contributed by atoms with E-state index in [9.17, 15) is 14.4 Å². The first kappa shape index (κ1) is 40.0. The van der Waals surface area contributed by atoms with Gasteiger partial charge in [0.1, 0.15) is 48.1 Å². The minimum absolute atomic E-state index is 0.126. The van der Waals surface area contributed by atoms with E-state index in [0.717, 1.165) is 36.2 Å². The lowest BCUT2D eigenvalue weighted by Gasteiger charge is -2.35. The second-order valence-corrected chi connectivity index (χ2v) is 18.6. The van der Waals surface area contributed by atoms with E-state index in [1.165, 1.54) is 17.8 Å². The van der Waals surface area contributed by atoms with Gasteiger partial charge in [-0.15, -0.1) is 11.3 Å². The zero-order valence-corrected chi connectivity index (χ0v) is 34.8. The van der Waals surface area contributed by atoms with Gasteiger partial charge in [0.2, 0.25) is 11.8 Å². The number of ether oxygens (including phenoxy) is 4. The van der Waals surface area contributed by atoms with Gasteiger partial charge in [0, 0.05) is 48.0 Å². The third-order valence-electron chi connectivity index (χ3n) is 11.8. The first-order valence-corrected chi connectivity index (χ1v) is 21.1. The van der Waals surface area contributed by atoms with Crippen LogP contribution in [-0.4, -0.2) is 95.5 Å². The minimum atomic E-state index is -0.928. The summed E-state index contributed by atoms with van der Waals surface area (Å²) in [4.78, 5) is 53.5. The highest BCUT2D eigenvalue weighted by atomic mass is 32.1. The molecule has 7 rings (SSSR count). The number of anilines is 1. The Balaban J connectivity index is 1.17. The Kier molecular flexibility index (Phi) is 11.4. The molecule has 3 aromatic rings. The zero-order valence-electron chi connectivity index (χ0n) is 34.0. The Morgan fingerprint density at radius 2 is 1.79 bits per heavy atom. The number of benzene rings is 1. The normalized spacial score (nSPS) is 27.1. The number of nitrogens with one attached hydrogen (secondary N) is 3. The summed E-state index contributed by atoms with van der Waals surface area (Å²) < 4.78 is 23.7. The minimum Gasteiger partial charge on any atom is -0.491 e. The van der Waals surface area contributed by atoms with Gasteiger partial charge in [-0.3, -0.25) is 9.59 Å². The summed E-state index contributed by atoms with van der Waals surface area (Å²) in [6.45, 7) is 15.0. The van der Waals surface area contributed by atoms with Crippen molar-refractivity contribution in [3.8, 4) is 22.9 Å². The fourth-order valence-corrected chi connectivity index (χ4v) is 9.29. The molecule has 4 fully saturated rings. The van der Waals surface area contributed by atoms with Crippen LogP contribution >= 0.6 is 11.3 Å². The number of rotatable bonds is 15. The number of alkyl carbamates (subject to hydrolysis) is 1. The fraction of sp³-hybridized carbons (Fsp3) is 0.643. The fourth-order valence-electron chi connectivity index (χ4n) is 8.44. The van der Waals surface area contributed by atoms with Crippen LogP contribution < -0.4 is 25.4 Å². The predicted molar refractivity (Wildman–Crippen MR) is 216 cm³/mol. The molecule has 3 saturated carbocycles. The van der Waals surface area contributed by atoms with E-state index in [1.54, 1.807) is 12.0 Å². The summed E-state index contributed by atoms with van der Waals surface area (Å²) in [7, 11) is 1.63. The molecule has 8 atom stereocenters. The van der Waals surface area contributed by atoms with E-state index >= 15 is 0 Å². The molecule has 56 heavy (non-hydrogen) atoms. The quantitative estimate of drug-likeness (QED) is 0.140. The lowest BCUT2D eigenvalue weighted by molar-refractivity contribution is -0.142. The van der Waals surface area contributed by atoms with Crippen molar-refractivity contribution in [1.82, 2.24) is 25.5 Å². The van der Waals surface area contributed by atoms with Crippen LogP contribution in [0.5, 0.6) is 11.5 Å². The van der Waals surface area contributed by atoms with Crippen molar-refractivity contribution in [3.05, 3.63) is 29.6 Å². The maximum atomic E-state index is 14.7. The molecule has 0 bridgehead atoms. The van der Waals surface area contributed by atoms with Crippen LogP contribution in [0.15, 0.2) is 29.6 Å². The van der Waals surface area contributed by atoms with Crippen molar-refractivity contribution in [2.75, 3.05) is 32.2 Å². The number of aromatic nitrogens is 2. The summed E-state index contributed by atoms with van der Waals surface area (Å²) >= 11 is 1.50. The van der Waals surface area contributed by atoms with Crippen molar-refractivity contribution in [2.24, 2.45) is 23.2 Å². The van der Waals surface area contributed by atoms with Crippen molar-refractivity contribution in [3.63, 3.8) is 0 Å². The molecule has 4 aliphatic rings. The third-order valence-corrected chi connectivity index (χ3v) is 12.6. The van der Waals surface area contributed by atoms with Gasteiger partial charge in [-0.1, -0.05) is 34.1 Å². The van der Waals surface area contributed by atoms with Crippen LogP contribution in [0, 0.1) is 23.2 Å². The van der Waals surface area contributed by atoms with Crippen LogP contribution in [0.3, 0.4) is 0 Å². The van der Waals surface area contributed by atoms with Gasteiger partial charge in [0.15, 0.2) is 5.13 Å². The number of likely N-dealkylation sites (tertiary alicyclic amines) is 1. The average Bonchev–Trinajstić information content (AvgIpc) is 3.73. The molecule has 13 nitrogen and oxygen atoms in total. The highest BCUT2D eigenvalue weighted by Gasteiger charge is 2.53. The molecule has 3 amide bonds. The van der Waals surface area contributed by atoms with Gasteiger partial charge < -0.3 is 39.8 Å². The zero-order chi connectivity index (χ0) is 39.9. The van der Waals surface area contributed by atoms with Gasteiger partial charge in [-0.2, -0.15) is 0 Å². The highest BCUT2D eigenvalue weighted by Crippen LogP contribution is 2.52. The standard InChI is InChI=1S/C42H58N6O7S/c1-9-26-20-42(26,7)47-37(49)34-18-29(21-48(34)38(50)36(41(4,5)6)46-40(51)55-28-15-24-14-25(24)16-28)54-35-19-32(33-22-56-39(45-33)43-23(2)3)44-31-17-27(10-11-30(31)35)53-13-12-52-8/h10-11,17,19,22-26,28-29,34,36H,9,12-16,18,20-21H2,1-8H3,(H,43,45)(H,46,51)(H,47,49)/t24-,25+,26-,28+,29-,34+,36?,42-/m1/s1. The Labute approximate surface area is 334 Å². The number of fused-ring (bicyclic) bond motifs is 2. The van der Waals surface area contributed by atoms with E-state index in [0.29, 0.717) is 59.4 Å². The Hall–Kier alpha value is -4.17. The number of methoxy groups -OCH3 is 1. The summed E-state index contributed by atoms with van der Waals surface area (Å²) in [5.74, 6) is 2.34. The molecule has 3 heterocycles. The smallest absolute Gasteiger partial charge is 0.408 e. The molecular formula is C42H58N6O7S. The number of nitrogens with zero attached hydrogens (tertiary/aromatic N) is 3. The highest BCUT2D eigenvalue weighted by molar-refractivity contribution is 7.14. The number of hydrogen-bond acceptors (Lipinski definition) is 11. The summed E-state index contributed by atoms with van der Waals surface area (Å²) in [6.07, 6.45) is 3.84. The van der Waals surface area contributed by atoms with E-state index in [-0.39, 0.29) is 42.5 Å². The SMILES string of the molecule is CC[C@@H]1C[C@@]1(C)NC(=O)[C@@H]1C[C@@H](Oc2cc(-c3csc(NC(C)C)n3)nc3cc(OCCOC)ccc23)CN1C(=O)C(NC(=O)O[C@@H]1C[C@@H]2C[C@@H]2C1)C(C)(C)C. The Morgan fingerprint density at radius 1 is 1.02 bits per heavy atom. The molecule has 2 aromatic heterocycles. The van der Waals surface area contributed by atoms with E-state index in [4.69, 9.17) is 28.9 Å². The Bertz CT molecular complexity index is 1920. The number of carbonyl (C=O) groups excluding carboxylic acids is 3. The first-order valence-electron chi connectivity index (χ1n) is 20.2. The monoisotopic (exact) mass is 790 g/mol. The van der Waals surface area contributed by atoms with Crippen LogP contribution in [0.1, 0.15) is 87.0 Å². The second-order valence-electron chi connectivity index (χ2n) is 17.8. The molecule has 3 aliphatic carbocycles. The summed E-state index contributed by atoms with van der Waals surface area (Å²) in [5.41, 5.74) is 0.987. The summed E-state index contributed by atoms with van der Waals surface area (Å²) in [6, 6.07) is 6.02. The third kappa shape index (κ3) is 9.01. The van der Waals surface area contributed by atoms with Crippen molar-refractivity contribution < 1.29 is 33.3 Å². The van der Waals surface area contributed by atoms with E-state index < -0.39 is 29.7 Å². The van der Waals surface area contributed by atoms with Crippen molar-refractivity contribution >= 4 is 45.3 Å². The number of carbonyl (C=O) groups is 3. The number of hydrogen-bond donors (Lipinski definition) is 3. The molecule has 3 N–H and O–H groups in total. The largest absolute Gasteiger partial charge is 0.491 e. The topological polar surface area (TPSA) is 153 Å². The van der Waals surface area contributed by atoms with Gasteiger partial charge in [-0.05, 0) is 81.8 Å². The summed E-state index contributed by atoms with van der Waals surface area (Å²) in [5, 5.41) is 13.1.